The summed E-state index contributed by atoms with van der Waals surface area (Å²) in [6, 6.07) is 0. The molecule has 0 spiro atoms. The van der Waals surface area contributed by atoms with Gasteiger partial charge in [0, 0.05) is 19.5 Å². The Labute approximate surface area is 120 Å². The van der Waals surface area contributed by atoms with Gasteiger partial charge >= 0.3 is 5.97 Å². The van der Waals surface area contributed by atoms with Crippen molar-refractivity contribution in [3.63, 3.8) is 0 Å². The van der Waals surface area contributed by atoms with Crippen LogP contribution >= 0.6 is 11.6 Å². The molecule has 0 N–H and O–H groups in total. The number of ether oxygens (including phenoxy) is 2. The molecule has 0 heterocycles. The Kier molecular flexibility index (Phi) is 9.34. The fourth-order valence-electron chi connectivity index (χ4n) is 1.37. The van der Waals surface area contributed by atoms with E-state index in [1.54, 1.807) is 13.8 Å². The van der Waals surface area contributed by atoms with E-state index in [1.165, 1.54) is 7.11 Å². The lowest BCUT2D eigenvalue weighted by atomic mass is 10.3. The van der Waals surface area contributed by atoms with Gasteiger partial charge in [0.15, 0.2) is 0 Å². The second kappa shape index (κ2) is 9.52. The van der Waals surface area contributed by atoms with Crippen LogP contribution < -0.4 is 0 Å². The van der Waals surface area contributed by atoms with Crippen molar-refractivity contribution in [2.45, 2.75) is 13.8 Å². The molecule has 0 fully saturated rings. The minimum Gasteiger partial charge on any atom is -0.465 e. The summed E-state index contributed by atoms with van der Waals surface area (Å²) in [5, 5.41) is 0. The first kappa shape index (κ1) is 18.6. The van der Waals surface area contributed by atoms with Crippen molar-refractivity contribution in [1.82, 2.24) is 4.31 Å². The van der Waals surface area contributed by atoms with Gasteiger partial charge in [0.1, 0.15) is 6.54 Å². The molecule has 1 atom stereocenters. The summed E-state index contributed by atoms with van der Waals surface area (Å²) in [5.74, 6) is -0.601. The fourth-order valence-corrected chi connectivity index (χ4v) is 3.31. The van der Waals surface area contributed by atoms with E-state index in [0.717, 1.165) is 4.31 Å². The lowest BCUT2D eigenvalue weighted by Crippen LogP contribution is -2.41. The van der Waals surface area contributed by atoms with Crippen molar-refractivity contribution in [3.8, 4) is 0 Å². The lowest BCUT2D eigenvalue weighted by Gasteiger charge is -2.22. The van der Waals surface area contributed by atoms with Gasteiger partial charge in [0.2, 0.25) is 10.0 Å². The summed E-state index contributed by atoms with van der Waals surface area (Å²) < 4.78 is 35.0. The first-order valence-corrected chi connectivity index (χ1v) is 8.20. The van der Waals surface area contributed by atoms with E-state index >= 15 is 0 Å². The van der Waals surface area contributed by atoms with Gasteiger partial charge in [-0.05, 0) is 12.8 Å². The van der Waals surface area contributed by atoms with Crippen LogP contribution in [0.5, 0.6) is 0 Å². The molecule has 0 rings (SSSR count). The molecular weight excluding hydrogens is 294 g/mol. The van der Waals surface area contributed by atoms with Gasteiger partial charge in [-0.2, -0.15) is 4.31 Å². The molecule has 1 unspecified atom stereocenters. The average molecular weight is 316 g/mol. The zero-order chi connectivity index (χ0) is 14.9. The van der Waals surface area contributed by atoms with E-state index < -0.39 is 16.0 Å². The molecule has 6 nitrogen and oxygen atoms in total. The largest absolute Gasteiger partial charge is 0.465 e. The van der Waals surface area contributed by atoms with Gasteiger partial charge in [-0.25, -0.2) is 8.42 Å². The summed E-state index contributed by atoms with van der Waals surface area (Å²) in [6.07, 6.45) is 0. The summed E-state index contributed by atoms with van der Waals surface area (Å²) in [7, 11) is -2.08. The molecule has 0 aliphatic rings. The third-order valence-electron chi connectivity index (χ3n) is 2.31. The smallest absolute Gasteiger partial charge is 0.321 e. The second-order valence-electron chi connectivity index (χ2n) is 4.17. The van der Waals surface area contributed by atoms with Crippen LogP contribution in [0.2, 0.25) is 0 Å². The highest BCUT2D eigenvalue weighted by Gasteiger charge is 2.26. The number of carbonyl (C=O) groups is 1. The van der Waals surface area contributed by atoms with Crippen LogP contribution in [-0.2, 0) is 24.3 Å². The monoisotopic (exact) mass is 315 g/mol. The number of rotatable bonds is 10. The standard InChI is InChI=1S/C11H22ClNO5S/c1-4-18-11(14)8-13(5-6-17-3)19(15,16)9-10(2)7-12/h10H,4-9H2,1-3H3. The maximum Gasteiger partial charge on any atom is 0.321 e. The molecule has 0 aliphatic heterocycles. The number of hydrogen-bond acceptors (Lipinski definition) is 5. The molecule has 0 amide bonds. The highest BCUT2D eigenvalue weighted by Crippen LogP contribution is 2.09. The number of methoxy groups -OCH3 is 1. The summed E-state index contributed by atoms with van der Waals surface area (Å²) in [4.78, 5) is 11.4. The number of alkyl halides is 1. The first-order chi connectivity index (χ1) is 8.87. The molecule has 0 saturated heterocycles. The third-order valence-corrected chi connectivity index (χ3v) is 4.92. The van der Waals surface area contributed by atoms with Crippen LogP contribution in [0.15, 0.2) is 0 Å². The Hall–Kier alpha value is -0.370. The van der Waals surface area contributed by atoms with Crippen molar-refractivity contribution >= 4 is 27.6 Å². The summed E-state index contributed by atoms with van der Waals surface area (Å²) in [6.45, 7) is 3.66. The molecule has 19 heavy (non-hydrogen) atoms. The number of halogens is 1. The highest BCUT2D eigenvalue weighted by atomic mass is 35.5. The number of hydrogen-bond donors (Lipinski definition) is 0. The Morgan fingerprint density at radius 2 is 2.05 bits per heavy atom. The second-order valence-corrected chi connectivity index (χ2v) is 6.49. The van der Waals surface area contributed by atoms with Gasteiger partial charge in [-0.1, -0.05) is 6.92 Å². The summed E-state index contributed by atoms with van der Waals surface area (Å²) >= 11 is 5.62. The predicted molar refractivity (Wildman–Crippen MR) is 73.8 cm³/mol. The molecule has 0 aliphatic carbocycles. The minimum absolute atomic E-state index is 0.0976. The Balaban J connectivity index is 4.75. The van der Waals surface area contributed by atoms with Gasteiger partial charge in [-0.3, -0.25) is 4.79 Å². The molecule has 8 heteroatoms. The average Bonchev–Trinajstić information content (AvgIpc) is 2.33. The van der Waals surface area contributed by atoms with Crippen molar-refractivity contribution < 1.29 is 22.7 Å². The van der Waals surface area contributed by atoms with Crippen LogP contribution in [0.4, 0.5) is 0 Å². The van der Waals surface area contributed by atoms with Gasteiger partial charge < -0.3 is 9.47 Å². The van der Waals surface area contributed by atoms with Crippen molar-refractivity contribution in [2.75, 3.05) is 45.0 Å². The van der Waals surface area contributed by atoms with E-state index in [9.17, 15) is 13.2 Å². The Morgan fingerprint density at radius 1 is 1.42 bits per heavy atom. The quantitative estimate of drug-likeness (QED) is 0.438. The van der Waals surface area contributed by atoms with E-state index in [1.807, 2.05) is 0 Å². The first-order valence-electron chi connectivity index (χ1n) is 6.05. The van der Waals surface area contributed by atoms with Crippen LogP contribution in [-0.4, -0.2) is 63.7 Å². The highest BCUT2D eigenvalue weighted by molar-refractivity contribution is 7.89. The van der Waals surface area contributed by atoms with E-state index in [4.69, 9.17) is 21.1 Å². The molecule has 0 radical (unpaired) electrons. The molecule has 0 bridgehead atoms. The Morgan fingerprint density at radius 3 is 2.53 bits per heavy atom. The van der Waals surface area contributed by atoms with E-state index in [2.05, 4.69) is 0 Å². The van der Waals surface area contributed by atoms with Crippen LogP contribution in [0.3, 0.4) is 0 Å². The van der Waals surface area contributed by atoms with Crippen molar-refractivity contribution in [2.24, 2.45) is 5.92 Å². The zero-order valence-corrected chi connectivity index (χ0v) is 13.2. The molecule has 114 valence electrons. The zero-order valence-electron chi connectivity index (χ0n) is 11.6. The number of nitrogens with zero attached hydrogens (tertiary/aromatic N) is 1. The van der Waals surface area contributed by atoms with E-state index in [0.29, 0.717) is 0 Å². The molecule has 0 aromatic rings. The SMILES string of the molecule is CCOC(=O)CN(CCOC)S(=O)(=O)CC(C)CCl. The lowest BCUT2D eigenvalue weighted by molar-refractivity contribution is -0.143. The molecule has 0 aromatic carbocycles. The Bertz CT molecular complexity index is 360. The number of sulfonamides is 1. The number of carbonyl (C=O) groups excluding carboxylic acids is 1. The predicted octanol–water partition coefficient (Wildman–Crippen LogP) is 0.703. The molecule has 0 aromatic heterocycles. The van der Waals surface area contributed by atoms with Crippen LogP contribution in [0.25, 0.3) is 0 Å². The third kappa shape index (κ3) is 7.71. The normalized spacial score (nSPS) is 13.5. The van der Waals surface area contributed by atoms with Crippen molar-refractivity contribution in [1.29, 1.82) is 0 Å². The van der Waals surface area contributed by atoms with Gasteiger partial charge in [0.25, 0.3) is 0 Å². The van der Waals surface area contributed by atoms with Crippen molar-refractivity contribution in [3.05, 3.63) is 0 Å². The van der Waals surface area contributed by atoms with Crippen LogP contribution in [0.1, 0.15) is 13.8 Å². The van der Waals surface area contributed by atoms with Gasteiger partial charge in [0.05, 0.1) is 19.0 Å². The summed E-state index contributed by atoms with van der Waals surface area (Å²) in [5.41, 5.74) is 0. The molecule has 0 saturated carbocycles. The van der Waals surface area contributed by atoms with E-state index in [-0.39, 0.29) is 43.9 Å². The number of esters is 1. The topological polar surface area (TPSA) is 72.9 Å². The van der Waals surface area contributed by atoms with Crippen LogP contribution in [0, 0.1) is 5.92 Å². The maximum absolute atomic E-state index is 12.1. The molecular formula is C11H22ClNO5S. The maximum atomic E-state index is 12.1. The van der Waals surface area contributed by atoms with Gasteiger partial charge in [-0.15, -0.1) is 11.6 Å². The fraction of sp³-hybridized carbons (Fsp3) is 0.909. The minimum atomic E-state index is -3.55.